The van der Waals surface area contributed by atoms with Crippen LogP contribution >= 0.6 is 0 Å². The lowest BCUT2D eigenvalue weighted by atomic mass is 10.0. The Hall–Kier alpha value is -4.01. The van der Waals surface area contributed by atoms with E-state index in [4.69, 9.17) is 5.73 Å². The number of aromatic nitrogens is 2. The van der Waals surface area contributed by atoms with E-state index >= 15 is 0 Å². The quantitative estimate of drug-likeness (QED) is 0.289. The third-order valence-corrected chi connectivity index (χ3v) is 4.41. The Morgan fingerprint density at radius 1 is 1.00 bits per heavy atom. The minimum Gasteiger partial charge on any atom is -0.410 e. The van der Waals surface area contributed by atoms with Gasteiger partial charge in [-0.3, -0.25) is 4.40 Å². The molecule has 0 saturated heterocycles. The molecular weight excluding hydrogens is 397 g/mol. The number of imidazole rings is 1. The molecule has 2 aromatic heterocycles. The molecule has 0 bridgehead atoms. The van der Waals surface area contributed by atoms with Crippen LogP contribution in [0.15, 0.2) is 78.1 Å². The molecule has 0 aliphatic heterocycles. The van der Waals surface area contributed by atoms with Crippen LogP contribution in [-0.4, -0.2) is 26.7 Å². The molecule has 0 aliphatic rings. The summed E-state index contributed by atoms with van der Waals surface area (Å²) in [4.78, 5) is 4.27. The minimum absolute atomic E-state index is 0.138. The number of halogens is 3. The number of benzene rings is 2. The maximum Gasteiger partial charge on any atom is 0.573 e. The van der Waals surface area contributed by atoms with Gasteiger partial charge in [0.15, 0.2) is 5.82 Å². The van der Waals surface area contributed by atoms with E-state index in [-0.39, 0.29) is 11.6 Å². The van der Waals surface area contributed by atoms with E-state index < -0.39 is 6.36 Å². The maximum absolute atomic E-state index is 12.6. The van der Waals surface area contributed by atoms with Crippen molar-refractivity contribution in [3.63, 3.8) is 0 Å². The first-order chi connectivity index (χ1) is 14.4. The fourth-order valence-corrected chi connectivity index (χ4v) is 3.21. The second kappa shape index (κ2) is 7.43. The van der Waals surface area contributed by atoms with Crippen molar-refractivity contribution in [3.8, 4) is 17.0 Å². The SMILES string of the molecule is Nc1nc2ccc(C(=NO)c3ccccc3)cn2c1-c1cccc(OC(F)(F)F)c1. The van der Waals surface area contributed by atoms with E-state index in [2.05, 4.69) is 14.9 Å². The summed E-state index contributed by atoms with van der Waals surface area (Å²) in [5, 5.41) is 13.0. The smallest absolute Gasteiger partial charge is 0.410 e. The van der Waals surface area contributed by atoms with Gasteiger partial charge >= 0.3 is 6.36 Å². The molecule has 6 nitrogen and oxygen atoms in total. The summed E-state index contributed by atoms with van der Waals surface area (Å²) in [5.74, 6) is -0.231. The summed E-state index contributed by atoms with van der Waals surface area (Å²) in [5.41, 5.74) is 8.91. The summed E-state index contributed by atoms with van der Waals surface area (Å²) >= 11 is 0. The number of pyridine rings is 1. The predicted octanol–water partition coefficient (Wildman–Crippen LogP) is 4.71. The fourth-order valence-electron chi connectivity index (χ4n) is 3.21. The number of hydrogen-bond donors (Lipinski definition) is 2. The summed E-state index contributed by atoms with van der Waals surface area (Å²) in [7, 11) is 0. The number of anilines is 1. The number of hydrogen-bond acceptors (Lipinski definition) is 5. The van der Waals surface area contributed by atoms with Crippen LogP contribution in [0, 0.1) is 0 Å². The molecule has 0 radical (unpaired) electrons. The Kier molecular flexibility index (Phi) is 4.78. The zero-order valence-electron chi connectivity index (χ0n) is 15.3. The molecule has 0 fully saturated rings. The molecule has 30 heavy (non-hydrogen) atoms. The number of rotatable bonds is 4. The Bertz CT molecular complexity index is 1230. The van der Waals surface area contributed by atoms with Gasteiger partial charge in [-0.1, -0.05) is 47.6 Å². The van der Waals surface area contributed by atoms with Crippen molar-refractivity contribution in [2.75, 3.05) is 5.73 Å². The van der Waals surface area contributed by atoms with E-state index in [1.807, 2.05) is 18.2 Å². The van der Waals surface area contributed by atoms with Crippen molar-refractivity contribution >= 4 is 17.2 Å². The Morgan fingerprint density at radius 2 is 1.77 bits per heavy atom. The van der Waals surface area contributed by atoms with Gasteiger partial charge in [-0.05, 0) is 24.3 Å². The average Bonchev–Trinajstić information content (AvgIpc) is 3.03. The van der Waals surface area contributed by atoms with Crippen LogP contribution in [-0.2, 0) is 0 Å². The van der Waals surface area contributed by atoms with Crippen molar-refractivity contribution in [2.45, 2.75) is 6.36 Å². The second-order valence-corrected chi connectivity index (χ2v) is 6.38. The van der Waals surface area contributed by atoms with Crippen molar-refractivity contribution in [1.82, 2.24) is 9.38 Å². The van der Waals surface area contributed by atoms with Crippen LogP contribution in [0.4, 0.5) is 19.0 Å². The molecule has 4 rings (SSSR count). The molecule has 0 amide bonds. The third kappa shape index (κ3) is 3.77. The molecule has 3 N–H and O–H groups in total. The summed E-state index contributed by atoms with van der Waals surface area (Å²) < 4.78 is 43.4. The zero-order valence-corrected chi connectivity index (χ0v) is 15.3. The van der Waals surface area contributed by atoms with E-state index in [0.29, 0.717) is 33.7 Å². The van der Waals surface area contributed by atoms with Crippen molar-refractivity contribution < 1.29 is 23.1 Å². The van der Waals surface area contributed by atoms with Gasteiger partial charge in [0, 0.05) is 22.9 Å². The van der Waals surface area contributed by atoms with Crippen LogP contribution in [0.3, 0.4) is 0 Å². The fraction of sp³-hybridized carbons (Fsp3) is 0.0476. The van der Waals surface area contributed by atoms with Gasteiger partial charge < -0.3 is 15.7 Å². The number of oxime groups is 1. The number of ether oxygens (including phenoxy) is 1. The van der Waals surface area contributed by atoms with Gasteiger partial charge in [-0.2, -0.15) is 0 Å². The molecule has 0 saturated carbocycles. The van der Waals surface area contributed by atoms with Crippen LogP contribution in [0.1, 0.15) is 11.1 Å². The highest BCUT2D eigenvalue weighted by molar-refractivity contribution is 6.12. The molecule has 0 spiro atoms. The van der Waals surface area contributed by atoms with Gasteiger partial charge in [0.05, 0.1) is 5.69 Å². The summed E-state index contributed by atoms with van der Waals surface area (Å²) in [6.45, 7) is 0. The predicted molar refractivity (Wildman–Crippen MR) is 106 cm³/mol. The highest BCUT2D eigenvalue weighted by Crippen LogP contribution is 2.32. The first-order valence-corrected chi connectivity index (χ1v) is 8.77. The largest absolute Gasteiger partial charge is 0.573 e. The van der Waals surface area contributed by atoms with E-state index in [9.17, 15) is 18.4 Å². The monoisotopic (exact) mass is 412 g/mol. The van der Waals surface area contributed by atoms with Crippen molar-refractivity contribution in [1.29, 1.82) is 0 Å². The van der Waals surface area contributed by atoms with E-state index in [0.717, 1.165) is 0 Å². The number of nitrogens with two attached hydrogens (primary N) is 1. The van der Waals surface area contributed by atoms with Gasteiger partial charge in [0.1, 0.15) is 17.1 Å². The van der Waals surface area contributed by atoms with Gasteiger partial charge in [0.25, 0.3) is 0 Å². The Labute approximate surface area is 168 Å². The lowest BCUT2D eigenvalue weighted by molar-refractivity contribution is -0.274. The van der Waals surface area contributed by atoms with E-state index in [1.54, 1.807) is 40.9 Å². The number of fused-ring (bicyclic) bond motifs is 1. The second-order valence-electron chi connectivity index (χ2n) is 6.38. The molecule has 4 aromatic rings. The first kappa shape index (κ1) is 19.3. The lowest BCUT2D eigenvalue weighted by Gasteiger charge is -2.11. The molecule has 2 heterocycles. The van der Waals surface area contributed by atoms with Crippen molar-refractivity contribution in [3.05, 3.63) is 84.1 Å². The summed E-state index contributed by atoms with van der Waals surface area (Å²) in [6.07, 6.45) is -3.15. The van der Waals surface area contributed by atoms with Crippen LogP contribution < -0.4 is 10.5 Å². The number of alkyl halides is 3. The molecule has 9 heteroatoms. The number of nitrogen functional groups attached to an aromatic ring is 1. The standard InChI is InChI=1S/C21H15F3N4O2/c22-21(23,24)30-16-8-4-7-14(11-16)19-20(25)26-17-10-9-15(12-28(17)19)18(27-29)13-5-2-1-3-6-13/h1-12,29H,25H2. The van der Waals surface area contributed by atoms with E-state index in [1.165, 1.54) is 18.2 Å². The molecule has 152 valence electrons. The molecular formula is C21H15F3N4O2. The minimum atomic E-state index is -4.81. The average molecular weight is 412 g/mol. The maximum atomic E-state index is 12.6. The van der Waals surface area contributed by atoms with Crippen LogP contribution in [0.5, 0.6) is 5.75 Å². The highest BCUT2D eigenvalue weighted by atomic mass is 19.4. The Morgan fingerprint density at radius 3 is 2.47 bits per heavy atom. The van der Waals surface area contributed by atoms with Gasteiger partial charge in [-0.15, -0.1) is 13.2 Å². The zero-order chi connectivity index (χ0) is 21.3. The van der Waals surface area contributed by atoms with Crippen LogP contribution in [0.2, 0.25) is 0 Å². The molecule has 0 atom stereocenters. The van der Waals surface area contributed by atoms with Crippen molar-refractivity contribution in [2.24, 2.45) is 5.16 Å². The molecule has 0 unspecified atom stereocenters. The normalized spacial score (nSPS) is 12.3. The van der Waals surface area contributed by atoms with Gasteiger partial charge in [-0.25, -0.2) is 4.98 Å². The highest BCUT2D eigenvalue weighted by Gasteiger charge is 2.31. The number of nitrogens with zero attached hydrogens (tertiary/aromatic N) is 3. The first-order valence-electron chi connectivity index (χ1n) is 8.77. The molecule has 2 aromatic carbocycles. The van der Waals surface area contributed by atoms with Gasteiger partial charge in [0.2, 0.25) is 0 Å². The van der Waals surface area contributed by atoms with Crippen LogP contribution in [0.25, 0.3) is 16.9 Å². The molecule has 0 aliphatic carbocycles. The lowest BCUT2D eigenvalue weighted by Crippen LogP contribution is -2.17. The Balaban J connectivity index is 1.83. The topological polar surface area (TPSA) is 85.1 Å². The third-order valence-electron chi connectivity index (χ3n) is 4.41. The summed E-state index contributed by atoms with van der Waals surface area (Å²) in [6, 6.07) is 17.9.